The lowest BCUT2D eigenvalue weighted by molar-refractivity contribution is -0.131. The van der Waals surface area contributed by atoms with Gasteiger partial charge < -0.3 is 9.84 Å². The number of carboxylic acids is 1. The Morgan fingerprint density at radius 2 is 1.23 bits per heavy atom. The third kappa shape index (κ3) is 7.56. The average Bonchev–Trinajstić information content (AvgIpc) is 2.79. The first-order valence-corrected chi connectivity index (χ1v) is 9.21. The molecule has 0 unspecified atom stereocenters. The second-order valence-electron chi connectivity index (χ2n) is 6.20. The summed E-state index contributed by atoms with van der Waals surface area (Å²) in [4.78, 5) is 33.8. The van der Waals surface area contributed by atoms with Gasteiger partial charge in [-0.2, -0.15) is 0 Å². The van der Waals surface area contributed by atoms with Crippen LogP contribution in [0.15, 0.2) is 91.0 Å². The van der Waals surface area contributed by atoms with Gasteiger partial charge in [0, 0.05) is 17.2 Å². The van der Waals surface area contributed by atoms with Crippen molar-refractivity contribution in [3.8, 4) is 5.75 Å². The Bertz CT molecular complexity index is 941. The van der Waals surface area contributed by atoms with Crippen molar-refractivity contribution in [2.24, 2.45) is 0 Å². The SMILES string of the molecule is COc1ccc(C=CC(=O)O)cc1.O=C(CC(=O)c1ccccc1)c1ccccc1. The molecule has 0 aromatic heterocycles. The van der Waals surface area contributed by atoms with Crippen LogP contribution in [-0.4, -0.2) is 29.8 Å². The number of aliphatic carboxylic acids is 1. The minimum absolute atomic E-state index is 0.0754. The maximum absolute atomic E-state index is 11.8. The third-order valence-corrected chi connectivity index (χ3v) is 4.05. The number of Topliss-reactive ketones (excluding diaryl/α,β-unsaturated/α-hetero) is 2. The van der Waals surface area contributed by atoms with Crippen molar-refractivity contribution in [1.82, 2.24) is 0 Å². The lowest BCUT2D eigenvalue weighted by atomic mass is 10.0. The summed E-state index contributed by atoms with van der Waals surface area (Å²) < 4.78 is 4.95. The summed E-state index contributed by atoms with van der Waals surface area (Å²) in [5, 5.41) is 8.36. The monoisotopic (exact) mass is 402 g/mol. The van der Waals surface area contributed by atoms with Crippen molar-refractivity contribution in [3.63, 3.8) is 0 Å². The van der Waals surface area contributed by atoms with E-state index in [1.165, 1.54) is 6.08 Å². The standard InChI is InChI=1S/C15H12O2.C10H10O3/c16-14(12-7-3-1-4-8-12)11-15(17)13-9-5-2-6-10-13;1-13-9-5-2-8(3-6-9)4-7-10(11)12/h1-10H,11H2;2-7H,1H3,(H,11,12). The predicted molar refractivity (Wildman–Crippen MR) is 116 cm³/mol. The Morgan fingerprint density at radius 1 is 0.767 bits per heavy atom. The highest BCUT2D eigenvalue weighted by Crippen LogP contribution is 2.12. The number of methoxy groups -OCH3 is 1. The van der Waals surface area contributed by atoms with Gasteiger partial charge in [0.25, 0.3) is 0 Å². The van der Waals surface area contributed by atoms with E-state index in [0.29, 0.717) is 11.1 Å². The second-order valence-corrected chi connectivity index (χ2v) is 6.20. The molecule has 0 amide bonds. The van der Waals surface area contributed by atoms with Crippen molar-refractivity contribution in [2.45, 2.75) is 6.42 Å². The van der Waals surface area contributed by atoms with E-state index in [9.17, 15) is 14.4 Å². The molecule has 0 saturated carbocycles. The highest BCUT2D eigenvalue weighted by molar-refractivity contribution is 6.13. The van der Waals surface area contributed by atoms with Gasteiger partial charge in [0.05, 0.1) is 13.5 Å². The number of ketones is 2. The molecule has 30 heavy (non-hydrogen) atoms. The largest absolute Gasteiger partial charge is 0.497 e. The molecule has 152 valence electrons. The van der Waals surface area contributed by atoms with Crippen LogP contribution in [0, 0.1) is 0 Å². The van der Waals surface area contributed by atoms with Gasteiger partial charge in [-0.25, -0.2) is 4.79 Å². The van der Waals surface area contributed by atoms with Gasteiger partial charge in [-0.05, 0) is 23.8 Å². The quantitative estimate of drug-likeness (QED) is 0.344. The van der Waals surface area contributed by atoms with E-state index >= 15 is 0 Å². The van der Waals surface area contributed by atoms with Gasteiger partial charge >= 0.3 is 5.97 Å². The molecule has 0 fully saturated rings. The fraction of sp³-hybridized carbons (Fsp3) is 0.0800. The van der Waals surface area contributed by atoms with E-state index in [1.807, 2.05) is 12.1 Å². The van der Waals surface area contributed by atoms with Gasteiger partial charge in [-0.1, -0.05) is 72.8 Å². The van der Waals surface area contributed by atoms with E-state index in [2.05, 4.69) is 0 Å². The van der Waals surface area contributed by atoms with Crippen LogP contribution in [0.3, 0.4) is 0 Å². The normalized spacial score (nSPS) is 10.0. The molecule has 0 radical (unpaired) electrons. The van der Waals surface area contributed by atoms with Crippen molar-refractivity contribution in [3.05, 3.63) is 108 Å². The van der Waals surface area contributed by atoms with Crippen LogP contribution in [0.25, 0.3) is 6.08 Å². The molecule has 0 aliphatic carbocycles. The first-order chi connectivity index (χ1) is 14.5. The zero-order valence-corrected chi connectivity index (χ0v) is 16.5. The fourth-order valence-electron chi connectivity index (χ4n) is 2.48. The number of hydrogen-bond donors (Lipinski definition) is 1. The predicted octanol–water partition coefficient (Wildman–Crippen LogP) is 4.94. The maximum Gasteiger partial charge on any atom is 0.328 e. The average molecular weight is 402 g/mol. The number of ether oxygens (including phenoxy) is 1. The van der Waals surface area contributed by atoms with Crippen molar-refractivity contribution >= 4 is 23.6 Å². The van der Waals surface area contributed by atoms with Crippen molar-refractivity contribution in [1.29, 1.82) is 0 Å². The molecule has 1 N–H and O–H groups in total. The Morgan fingerprint density at radius 3 is 1.63 bits per heavy atom. The van der Waals surface area contributed by atoms with Gasteiger partial charge in [-0.15, -0.1) is 0 Å². The zero-order chi connectivity index (χ0) is 21.8. The number of carbonyl (C=O) groups is 3. The number of carbonyl (C=O) groups excluding carboxylic acids is 2. The summed E-state index contributed by atoms with van der Waals surface area (Å²) in [7, 11) is 1.59. The summed E-state index contributed by atoms with van der Waals surface area (Å²) >= 11 is 0. The Kier molecular flexibility index (Phi) is 8.74. The molecule has 3 aromatic rings. The first-order valence-electron chi connectivity index (χ1n) is 9.21. The molecule has 0 saturated heterocycles. The van der Waals surface area contributed by atoms with Gasteiger partial charge in [0.1, 0.15) is 5.75 Å². The fourth-order valence-corrected chi connectivity index (χ4v) is 2.48. The topological polar surface area (TPSA) is 80.7 Å². The van der Waals surface area contributed by atoms with Gasteiger partial charge in [0.15, 0.2) is 11.6 Å². The summed E-state index contributed by atoms with van der Waals surface area (Å²) in [6.45, 7) is 0. The molecule has 3 rings (SSSR count). The molecule has 0 atom stereocenters. The molecule has 0 bridgehead atoms. The third-order valence-electron chi connectivity index (χ3n) is 4.05. The van der Waals surface area contributed by atoms with E-state index in [4.69, 9.17) is 9.84 Å². The molecule has 0 spiro atoms. The lowest BCUT2D eigenvalue weighted by Gasteiger charge is -2.00. The lowest BCUT2D eigenvalue weighted by Crippen LogP contribution is -2.08. The van der Waals surface area contributed by atoms with Crippen molar-refractivity contribution in [2.75, 3.05) is 7.11 Å². The number of hydrogen-bond acceptors (Lipinski definition) is 4. The van der Waals surface area contributed by atoms with Crippen LogP contribution >= 0.6 is 0 Å². The van der Waals surface area contributed by atoms with Crippen LogP contribution < -0.4 is 4.74 Å². The summed E-state index contributed by atoms with van der Waals surface area (Å²) in [6, 6.07) is 24.9. The van der Waals surface area contributed by atoms with Crippen LogP contribution in [0.5, 0.6) is 5.75 Å². The molecular weight excluding hydrogens is 380 g/mol. The van der Waals surface area contributed by atoms with Crippen LogP contribution in [0.1, 0.15) is 32.7 Å². The zero-order valence-electron chi connectivity index (χ0n) is 16.5. The van der Waals surface area contributed by atoms with Crippen LogP contribution in [0.4, 0.5) is 0 Å². The highest BCUT2D eigenvalue weighted by Gasteiger charge is 2.12. The Labute approximate surface area is 175 Å². The van der Waals surface area contributed by atoms with Crippen molar-refractivity contribution < 1.29 is 24.2 Å². The second kappa shape index (κ2) is 11.8. The summed E-state index contributed by atoms with van der Waals surface area (Å²) in [5.74, 6) is -0.470. The minimum Gasteiger partial charge on any atom is -0.497 e. The summed E-state index contributed by atoms with van der Waals surface area (Å²) in [5.41, 5.74) is 2.00. The molecule has 5 nitrogen and oxygen atoms in total. The Balaban J connectivity index is 0.000000222. The Hall–Kier alpha value is -3.99. The molecule has 5 heteroatoms. The van der Waals surface area contributed by atoms with E-state index in [-0.39, 0.29) is 18.0 Å². The molecule has 3 aromatic carbocycles. The first kappa shape index (κ1) is 22.3. The van der Waals surface area contributed by atoms with Gasteiger partial charge in [-0.3, -0.25) is 9.59 Å². The number of carboxylic acid groups (broad SMARTS) is 1. The molecule has 0 heterocycles. The van der Waals surface area contributed by atoms with E-state index < -0.39 is 5.97 Å². The summed E-state index contributed by atoms with van der Waals surface area (Å²) in [6.07, 6.45) is 2.55. The maximum atomic E-state index is 11.8. The highest BCUT2D eigenvalue weighted by atomic mass is 16.5. The van der Waals surface area contributed by atoms with E-state index in [0.717, 1.165) is 17.4 Å². The molecule has 0 aliphatic heterocycles. The van der Waals surface area contributed by atoms with Gasteiger partial charge in [0.2, 0.25) is 0 Å². The number of rotatable bonds is 7. The van der Waals surface area contributed by atoms with E-state index in [1.54, 1.807) is 79.9 Å². The molecule has 0 aliphatic rings. The smallest absolute Gasteiger partial charge is 0.328 e. The minimum atomic E-state index is -0.948. The van der Waals surface area contributed by atoms with Crippen LogP contribution in [0.2, 0.25) is 0 Å². The molecular formula is C25H22O5. The van der Waals surface area contributed by atoms with Crippen LogP contribution in [-0.2, 0) is 4.79 Å². The number of benzene rings is 3.